The molecule has 22 heavy (non-hydrogen) atoms. The molecule has 0 fully saturated rings. The minimum absolute atomic E-state index is 0.218. The number of likely N-dealkylation sites (N-methyl/N-ethyl adjacent to an activating group) is 1. The minimum atomic E-state index is -1.17. The largest absolute Gasteiger partial charge is 0.503 e. The first-order chi connectivity index (χ1) is 10.5. The molecule has 0 aliphatic heterocycles. The summed E-state index contributed by atoms with van der Waals surface area (Å²) in [6, 6.07) is 6.01. The normalized spacial score (nSPS) is 11.3. The van der Waals surface area contributed by atoms with Gasteiger partial charge in [0.2, 0.25) is 0 Å². The number of carbonyl (C=O) groups is 1. The van der Waals surface area contributed by atoms with E-state index in [1.165, 1.54) is 24.5 Å². The van der Waals surface area contributed by atoms with Crippen LogP contribution in [0.5, 0.6) is 0 Å². The van der Waals surface area contributed by atoms with Crippen molar-refractivity contribution in [3.8, 4) is 0 Å². The van der Waals surface area contributed by atoms with Crippen LogP contribution in [0.1, 0.15) is 17.0 Å². The van der Waals surface area contributed by atoms with E-state index in [-0.39, 0.29) is 16.6 Å². The fourth-order valence-corrected chi connectivity index (χ4v) is 1.70. The summed E-state index contributed by atoms with van der Waals surface area (Å²) < 4.78 is 25.4. The van der Waals surface area contributed by atoms with Crippen molar-refractivity contribution in [3.63, 3.8) is 0 Å². The van der Waals surface area contributed by atoms with Crippen molar-refractivity contribution in [1.82, 2.24) is 15.1 Å². The van der Waals surface area contributed by atoms with Gasteiger partial charge in [-0.25, -0.2) is 4.39 Å². The van der Waals surface area contributed by atoms with E-state index in [0.29, 0.717) is 12.1 Å². The molecule has 1 aromatic heterocycles. The summed E-state index contributed by atoms with van der Waals surface area (Å²) in [6.45, 7) is 0. The third-order valence-corrected chi connectivity index (χ3v) is 2.81. The molecule has 1 aromatic carbocycles. The SMILES string of the molecule is CN(F)C(=O)/C(O)=C/c1cnc(Cc2ccc(F)cc2)cn1. The first-order valence-corrected chi connectivity index (χ1v) is 6.35. The number of aromatic nitrogens is 2. The molecule has 1 amide bonds. The van der Waals surface area contributed by atoms with E-state index in [1.807, 2.05) is 0 Å². The van der Waals surface area contributed by atoms with Gasteiger partial charge in [0.25, 0.3) is 0 Å². The molecule has 7 heteroatoms. The zero-order chi connectivity index (χ0) is 16.1. The van der Waals surface area contributed by atoms with Gasteiger partial charge in [0.05, 0.1) is 17.6 Å². The van der Waals surface area contributed by atoms with E-state index in [1.54, 1.807) is 12.1 Å². The van der Waals surface area contributed by atoms with Crippen molar-refractivity contribution in [3.05, 3.63) is 65.2 Å². The Morgan fingerprint density at radius 2 is 1.95 bits per heavy atom. The lowest BCUT2D eigenvalue weighted by Crippen LogP contribution is -2.19. The molecular formula is C15H13F2N3O2. The lowest BCUT2D eigenvalue weighted by Gasteiger charge is -2.04. The number of hydrogen-bond donors (Lipinski definition) is 1. The summed E-state index contributed by atoms with van der Waals surface area (Å²) in [5.41, 5.74) is 1.73. The zero-order valence-electron chi connectivity index (χ0n) is 11.7. The highest BCUT2D eigenvalue weighted by molar-refractivity contribution is 5.94. The number of halogens is 2. The molecule has 0 spiro atoms. The van der Waals surface area contributed by atoms with Gasteiger partial charge in [0, 0.05) is 25.7 Å². The predicted octanol–water partition coefficient (Wildman–Crippen LogP) is 2.45. The number of benzene rings is 1. The molecule has 1 heterocycles. The molecule has 0 saturated carbocycles. The maximum Gasteiger partial charge on any atom is 0.316 e. The molecule has 0 saturated heterocycles. The molecule has 0 unspecified atom stereocenters. The van der Waals surface area contributed by atoms with Gasteiger partial charge in [-0.15, -0.1) is 0 Å². The number of hydrogen-bond acceptors (Lipinski definition) is 4. The summed E-state index contributed by atoms with van der Waals surface area (Å²) in [5, 5.41) is 9.16. The molecule has 0 atom stereocenters. The van der Waals surface area contributed by atoms with E-state index >= 15 is 0 Å². The summed E-state index contributed by atoms with van der Waals surface area (Å²) in [6.07, 6.45) is 4.30. The number of amides is 1. The Kier molecular flexibility index (Phi) is 4.77. The highest BCUT2D eigenvalue weighted by Gasteiger charge is 2.13. The van der Waals surface area contributed by atoms with Crippen molar-refractivity contribution in [2.75, 3.05) is 7.05 Å². The highest BCUT2D eigenvalue weighted by atomic mass is 19.2. The number of aliphatic hydroxyl groups excluding tert-OH is 1. The van der Waals surface area contributed by atoms with E-state index < -0.39 is 11.7 Å². The molecule has 5 nitrogen and oxygen atoms in total. The van der Waals surface area contributed by atoms with Crippen molar-refractivity contribution < 1.29 is 18.8 Å². The molecular weight excluding hydrogens is 292 g/mol. The lowest BCUT2D eigenvalue weighted by atomic mass is 10.1. The zero-order valence-corrected chi connectivity index (χ0v) is 11.7. The number of nitrogens with zero attached hydrogens (tertiary/aromatic N) is 3. The van der Waals surface area contributed by atoms with Crippen LogP contribution in [0.2, 0.25) is 0 Å². The Morgan fingerprint density at radius 3 is 2.50 bits per heavy atom. The average molecular weight is 305 g/mol. The van der Waals surface area contributed by atoms with Gasteiger partial charge < -0.3 is 5.11 Å². The third kappa shape index (κ3) is 4.08. The van der Waals surface area contributed by atoms with E-state index in [0.717, 1.165) is 18.7 Å². The molecule has 0 aliphatic carbocycles. The minimum Gasteiger partial charge on any atom is -0.503 e. The first kappa shape index (κ1) is 15.6. The molecule has 0 radical (unpaired) electrons. The quantitative estimate of drug-likeness (QED) is 0.535. The lowest BCUT2D eigenvalue weighted by molar-refractivity contribution is -0.141. The van der Waals surface area contributed by atoms with Gasteiger partial charge in [-0.1, -0.05) is 16.6 Å². The molecule has 0 aliphatic rings. The second-order valence-electron chi connectivity index (χ2n) is 4.55. The van der Waals surface area contributed by atoms with Crippen LogP contribution >= 0.6 is 0 Å². The molecule has 114 valence electrons. The Hall–Kier alpha value is -2.83. The van der Waals surface area contributed by atoms with Crippen molar-refractivity contribution in [1.29, 1.82) is 0 Å². The topological polar surface area (TPSA) is 66.3 Å². The van der Waals surface area contributed by atoms with Crippen LogP contribution in [0.15, 0.2) is 42.4 Å². The first-order valence-electron chi connectivity index (χ1n) is 6.35. The Morgan fingerprint density at radius 1 is 1.27 bits per heavy atom. The van der Waals surface area contributed by atoms with Crippen LogP contribution in [0.3, 0.4) is 0 Å². The number of aliphatic hydroxyl groups is 1. The summed E-state index contributed by atoms with van der Waals surface area (Å²) in [7, 11) is 0.879. The Balaban J connectivity index is 2.08. The molecule has 2 aromatic rings. The van der Waals surface area contributed by atoms with Crippen LogP contribution in [-0.2, 0) is 11.2 Å². The Labute approximate surface area is 125 Å². The van der Waals surface area contributed by atoms with Gasteiger partial charge in [0.1, 0.15) is 5.82 Å². The van der Waals surface area contributed by atoms with E-state index in [2.05, 4.69) is 9.97 Å². The van der Waals surface area contributed by atoms with Crippen LogP contribution in [0, 0.1) is 5.82 Å². The Bertz CT molecular complexity index is 683. The second kappa shape index (κ2) is 6.75. The van der Waals surface area contributed by atoms with Crippen LogP contribution in [-0.4, -0.2) is 33.2 Å². The summed E-state index contributed by atoms with van der Waals surface area (Å²) in [4.78, 5) is 19.3. The molecule has 0 bridgehead atoms. The molecule has 2 rings (SSSR count). The fraction of sp³-hybridized carbons (Fsp3) is 0.133. The standard InChI is InChI=1S/C15H13F2N3O2/c1-20(17)15(22)14(21)7-13-9-18-12(8-19-13)6-10-2-4-11(16)5-3-10/h2-5,7-9,21H,6H2,1H3/b14-7-. The highest BCUT2D eigenvalue weighted by Crippen LogP contribution is 2.09. The number of carbonyl (C=O) groups excluding carboxylic acids is 1. The van der Waals surface area contributed by atoms with Gasteiger partial charge in [-0.3, -0.25) is 14.8 Å². The smallest absolute Gasteiger partial charge is 0.316 e. The van der Waals surface area contributed by atoms with Crippen molar-refractivity contribution in [2.24, 2.45) is 0 Å². The fourth-order valence-electron chi connectivity index (χ4n) is 1.70. The second-order valence-corrected chi connectivity index (χ2v) is 4.55. The third-order valence-electron chi connectivity index (χ3n) is 2.81. The van der Waals surface area contributed by atoms with E-state index in [9.17, 15) is 18.8 Å². The van der Waals surface area contributed by atoms with E-state index in [4.69, 9.17) is 0 Å². The monoisotopic (exact) mass is 305 g/mol. The van der Waals surface area contributed by atoms with Gasteiger partial charge >= 0.3 is 5.91 Å². The van der Waals surface area contributed by atoms with Crippen LogP contribution in [0.25, 0.3) is 6.08 Å². The van der Waals surface area contributed by atoms with Crippen molar-refractivity contribution in [2.45, 2.75) is 6.42 Å². The van der Waals surface area contributed by atoms with Gasteiger partial charge in [0.15, 0.2) is 5.76 Å². The van der Waals surface area contributed by atoms with Crippen LogP contribution in [0.4, 0.5) is 8.87 Å². The number of rotatable bonds is 4. The summed E-state index contributed by atoms with van der Waals surface area (Å²) >= 11 is 0. The van der Waals surface area contributed by atoms with Gasteiger partial charge in [-0.2, -0.15) is 5.12 Å². The predicted molar refractivity (Wildman–Crippen MR) is 75.7 cm³/mol. The maximum atomic E-state index is 12.8. The maximum absolute atomic E-state index is 12.8. The average Bonchev–Trinajstić information content (AvgIpc) is 2.50. The van der Waals surface area contributed by atoms with Gasteiger partial charge in [-0.05, 0) is 17.7 Å². The molecule has 1 N–H and O–H groups in total. The van der Waals surface area contributed by atoms with Crippen molar-refractivity contribution >= 4 is 12.0 Å². The van der Waals surface area contributed by atoms with Crippen LogP contribution < -0.4 is 0 Å². The summed E-state index contributed by atoms with van der Waals surface area (Å²) in [5.74, 6) is -2.25.